The largest absolute Gasteiger partial charge is 0.502 e. The third-order valence-corrected chi connectivity index (χ3v) is 5.36. The molecular formula is C20H24O12S. The molecule has 182 valence electrons. The maximum atomic E-state index is 11.8. The van der Waals surface area contributed by atoms with Crippen molar-refractivity contribution in [1.82, 2.24) is 0 Å². The highest BCUT2D eigenvalue weighted by molar-refractivity contribution is 7.99. The molecule has 13 heteroatoms. The molecule has 12 nitrogen and oxygen atoms in total. The molecule has 33 heavy (non-hydrogen) atoms. The molecule has 0 aromatic carbocycles. The van der Waals surface area contributed by atoms with Crippen LogP contribution in [-0.4, -0.2) is 65.4 Å². The summed E-state index contributed by atoms with van der Waals surface area (Å²) >= 11 is 1.02. The smallest absolute Gasteiger partial charge is 0.303 e. The Labute approximate surface area is 192 Å². The van der Waals surface area contributed by atoms with Crippen LogP contribution in [-0.2, 0) is 48.6 Å². The van der Waals surface area contributed by atoms with E-state index in [1.807, 2.05) is 0 Å². The molecule has 1 aliphatic rings. The Hall–Kier alpha value is -3.06. The zero-order valence-electron chi connectivity index (χ0n) is 18.3. The molecule has 5 atom stereocenters. The predicted molar refractivity (Wildman–Crippen MR) is 110 cm³/mol. The van der Waals surface area contributed by atoms with E-state index in [1.165, 1.54) is 6.92 Å². The number of ether oxygens (including phenoxy) is 5. The Bertz CT molecular complexity index is 941. The molecule has 0 bridgehead atoms. The normalized spacial score (nSPS) is 24.4. The summed E-state index contributed by atoms with van der Waals surface area (Å²) in [6, 6.07) is 1.08. The van der Waals surface area contributed by atoms with E-state index in [9.17, 15) is 29.1 Å². The minimum absolute atomic E-state index is 0.0310. The van der Waals surface area contributed by atoms with E-state index in [2.05, 4.69) is 0 Å². The van der Waals surface area contributed by atoms with Crippen LogP contribution in [0.4, 0.5) is 0 Å². The summed E-state index contributed by atoms with van der Waals surface area (Å²) in [5, 5.41) is 9.33. The number of thioether (sulfide) groups is 1. The standard InChI is InChI=1S/C20H24O12S/c1-9(21)27-7-16-17(29-10(2)22)18(30-11(3)23)19(31-12(4)24)20(32-16)33-8-13-5-14(25)15(26)6-28-13/h5-6,16-20,26H,7-8H2,1-4H3/t16-,17-,18+,19-,20+/m1/s1. The quantitative estimate of drug-likeness (QED) is 0.401. The van der Waals surface area contributed by atoms with E-state index in [0.29, 0.717) is 0 Å². The first-order valence-corrected chi connectivity index (χ1v) is 10.8. The van der Waals surface area contributed by atoms with Crippen LogP contribution in [0.3, 0.4) is 0 Å². The van der Waals surface area contributed by atoms with E-state index in [0.717, 1.165) is 44.9 Å². The molecule has 2 heterocycles. The third kappa shape index (κ3) is 7.79. The van der Waals surface area contributed by atoms with Crippen molar-refractivity contribution in [3.63, 3.8) is 0 Å². The third-order valence-electron chi connectivity index (χ3n) is 4.20. The fourth-order valence-corrected chi connectivity index (χ4v) is 4.11. The maximum absolute atomic E-state index is 11.8. The molecular weight excluding hydrogens is 464 g/mol. The summed E-state index contributed by atoms with van der Waals surface area (Å²) in [6.45, 7) is 4.22. The van der Waals surface area contributed by atoms with E-state index in [1.54, 1.807) is 0 Å². The van der Waals surface area contributed by atoms with E-state index >= 15 is 0 Å². The minimum Gasteiger partial charge on any atom is -0.502 e. The molecule has 1 aromatic rings. The average Bonchev–Trinajstić information content (AvgIpc) is 2.70. The highest BCUT2D eigenvalue weighted by atomic mass is 32.2. The van der Waals surface area contributed by atoms with Crippen LogP contribution < -0.4 is 5.43 Å². The maximum Gasteiger partial charge on any atom is 0.303 e. The number of aromatic hydroxyl groups is 1. The van der Waals surface area contributed by atoms with Gasteiger partial charge in [-0.05, 0) is 0 Å². The summed E-state index contributed by atoms with van der Waals surface area (Å²) in [5.74, 6) is -3.16. The Morgan fingerprint density at radius 1 is 0.939 bits per heavy atom. The van der Waals surface area contributed by atoms with Gasteiger partial charge in [0.05, 0.1) is 5.75 Å². The zero-order chi connectivity index (χ0) is 24.7. The lowest BCUT2D eigenvalue weighted by Crippen LogP contribution is -2.61. The van der Waals surface area contributed by atoms with Crippen molar-refractivity contribution in [2.45, 2.75) is 63.3 Å². The van der Waals surface area contributed by atoms with Gasteiger partial charge in [-0.1, -0.05) is 0 Å². The summed E-state index contributed by atoms with van der Waals surface area (Å²) in [7, 11) is 0. The average molecular weight is 488 g/mol. The van der Waals surface area contributed by atoms with Gasteiger partial charge >= 0.3 is 23.9 Å². The van der Waals surface area contributed by atoms with E-state index < -0.39 is 64.9 Å². The molecule has 2 rings (SSSR count). The summed E-state index contributed by atoms with van der Waals surface area (Å²) in [5.41, 5.74) is -1.66. The highest BCUT2D eigenvalue weighted by Crippen LogP contribution is 2.35. The number of esters is 4. The minimum atomic E-state index is -1.28. The van der Waals surface area contributed by atoms with Crippen LogP contribution in [0.15, 0.2) is 21.5 Å². The first kappa shape index (κ1) is 26.2. The Morgan fingerprint density at radius 3 is 2.06 bits per heavy atom. The van der Waals surface area contributed by atoms with E-state index in [4.69, 9.17) is 28.1 Å². The van der Waals surface area contributed by atoms with Crippen LogP contribution in [0.1, 0.15) is 33.5 Å². The number of carbonyl (C=O) groups is 4. The fourth-order valence-electron chi connectivity index (χ4n) is 3.01. The summed E-state index contributed by atoms with van der Waals surface area (Å²) < 4.78 is 32.0. The molecule has 1 N–H and O–H groups in total. The lowest BCUT2D eigenvalue weighted by molar-refractivity contribution is -0.237. The molecule has 0 unspecified atom stereocenters. The Balaban J connectivity index is 2.38. The second-order valence-corrected chi connectivity index (χ2v) is 8.06. The highest BCUT2D eigenvalue weighted by Gasteiger charge is 2.52. The van der Waals surface area contributed by atoms with Gasteiger partial charge in [-0.3, -0.25) is 24.0 Å². The lowest BCUT2D eigenvalue weighted by atomic mass is 9.99. The van der Waals surface area contributed by atoms with Crippen molar-refractivity contribution in [2.75, 3.05) is 6.61 Å². The Kier molecular flexibility index (Phi) is 9.29. The molecule has 0 saturated carbocycles. The van der Waals surface area contributed by atoms with Crippen molar-refractivity contribution in [1.29, 1.82) is 0 Å². The van der Waals surface area contributed by atoms with Gasteiger partial charge in [0.25, 0.3) is 0 Å². The molecule has 1 aromatic heterocycles. The van der Waals surface area contributed by atoms with Gasteiger partial charge in [-0.15, -0.1) is 11.8 Å². The molecule has 0 amide bonds. The second-order valence-electron chi connectivity index (χ2n) is 6.97. The van der Waals surface area contributed by atoms with Crippen LogP contribution in [0, 0.1) is 0 Å². The Morgan fingerprint density at radius 2 is 1.52 bits per heavy atom. The first-order valence-electron chi connectivity index (χ1n) is 9.70. The van der Waals surface area contributed by atoms with Crippen molar-refractivity contribution < 1.29 is 52.4 Å². The van der Waals surface area contributed by atoms with Gasteiger partial charge in [0.15, 0.2) is 24.1 Å². The zero-order valence-corrected chi connectivity index (χ0v) is 19.1. The SMILES string of the molecule is CC(=O)OC[C@H]1O[C@@H](SCc2cc(=O)c(O)co2)[C@H](OC(C)=O)[C@@H](OC(C)=O)[C@@H]1OC(C)=O. The molecule has 0 radical (unpaired) electrons. The van der Waals surface area contributed by atoms with Gasteiger partial charge in [0, 0.05) is 33.8 Å². The van der Waals surface area contributed by atoms with E-state index in [-0.39, 0.29) is 18.1 Å². The molecule has 0 aliphatic carbocycles. The number of carbonyl (C=O) groups excluding carboxylic acids is 4. The number of rotatable bonds is 8. The van der Waals surface area contributed by atoms with Crippen LogP contribution >= 0.6 is 11.8 Å². The van der Waals surface area contributed by atoms with Crippen LogP contribution in [0.5, 0.6) is 5.75 Å². The van der Waals surface area contributed by atoms with Gasteiger partial charge in [-0.2, -0.15) is 0 Å². The van der Waals surface area contributed by atoms with Gasteiger partial charge in [-0.25, -0.2) is 0 Å². The van der Waals surface area contributed by atoms with Crippen molar-refractivity contribution >= 4 is 35.6 Å². The van der Waals surface area contributed by atoms with Gasteiger partial charge in [0.1, 0.15) is 30.2 Å². The van der Waals surface area contributed by atoms with Crippen LogP contribution in [0.2, 0.25) is 0 Å². The van der Waals surface area contributed by atoms with Gasteiger partial charge in [0.2, 0.25) is 5.43 Å². The van der Waals surface area contributed by atoms with Gasteiger partial charge < -0.3 is 33.2 Å². The van der Waals surface area contributed by atoms with Crippen molar-refractivity contribution in [3.05, 3.63) is 28.3 Å². The second kappa shape index (κ2) is 11.7. The number of hydrogen-bond donors (Lipinski definition) is 1. The molecule has 0 spiro atoms. The lowest BCUT2D eigenvalue weighted by Gasteiger charge is -2.44. The molecule has 1 saturated heterocycles. The van der Waals surface area contributed by atoms with Crippen molar-refractivity contribution in [3.8, 4) is 5.75 Å². The fraction of sp³-hybridized carbons (Fsp3) is 0.550. The summed E-state index contributed by atoms with van der Waals surface area (Å²) in [6.07, 6.45) is -3.95. The summed E-state index contributed by atoms with van der Waals surface area (Å²) in [4.78, 5) is 58.3. The molecule has 1 aliphatic heterocycles. The number of hydrogen-bond acceptors (Lipinski definition) is 13. The first-order chi connectivity index (χ1) is 15.5. The van der Waals surface area contributed by atoms with Crippen LogP contribution in [0.25, 0.3) is 0 Å². The predicted octanol–water partition coefficient (Wildman–Crippen LogP) is 0.662. The van der Waals surface area contributed by atoms with Crippen molar-refractivity contribution in [2.24, 2.45) is 0 Å². The molecule has 1 fully saturated rings. The monoisotopic (exact) mass is 488 g/mol. The topological polar surface area (TPSA) is 165 Å².